The van der Waals surface area contributed by atoms with Crippen LogP contribution in [0.3, 0.4) is 0 Å². The number of nitrogens with zero attached hydrogens (tertiary/aromatic N) is 1. The van der Waals surface area contributed by atoms with Crippen LogP contribution < -0.4 is 10.0 Å². The molecule has 1 heterocycles. The largest absolute Gasteiger partial charge is 0.323 e. The lowest BCUT2D eigenvalue weighted by molar-refractivity contribution is -0.126. The molecule has 2 rings (SSSR count). The minimum Gasteiger partial charge on any atom is -0.323 e. The van der Waals surface area contributed by atoms with Crippen LogP contribution in [0.5, 0.6) is 0 Å². The van der Waals surface area contributed by atoms with Crippen molar-refractivity contribution >= 4 is 21.6 Å². The number of halogens is 1. The van der Waals surface area contributed by atoms with Crippen molar-refractivity contribution in [2.45, 2.75) is 58.0 Å². The average Bonchev–Trinajstić information content (AvgIpc) is 2.96. The Labute approximate surface area is 167 Å². The van der Waals surface area contributed by atoms with Crippen LogP contribution in [-0.2, 0) is 14.8 Å². The maximum atomic E-state index is 14.1. The number of hydrogen-bond acceptors (Lipinski definition) is 4. The van der Waals surface area contributed by atoms with Crippen LogP contribution in [0.25, 0.3) is 0 Å². The van der Waals surface area contributed by atoms with Gasteiger partial charge in [0.1, 0.15) is 5.82 Å². The van der Waals surface area contributed by atoms with Gasteiger partial charge in [0, 0.05) is 17.6 Å². The quantitative estimate of drug-likeness (QED) is 0.720. The van der Waals surface area contributed by atoms with Gasteiger partial charge in [0.05, 0.1) is 0 Å². The first-order valence-electron chi connectivity index (χ1n) is 9.46. The van der Waals surface area contributed by atoms with E-state index in [2.05, 4.69) is 16.6 Å². The van der Waals surface area contributed by atoms with E-state index >= 15 is 0 Å². The molecular formula is C20H30FN3O3S. The van der Waals surface area contributed by atoms with E-state index in [0.29, 0.717) is 36.2 Å². The highest BCUT2D eigenvalue weighted by Gasteiger charge is 2.48. The van der Waals surface area contributed by atoms with Gasteiger partial charge < -0.3 is 5.32 Å². The van der Waals surface area contributed by atoms with E-state index in [1.54, 1.807) is 11.9 Å². The number of carbonyl (C=O) groups excluding carboxylic acids is 1. The molecule has 28 heavy (non-hydrogen) atoms. The molecular weight excluding hydrogens is 381 g/mol. The van der Waals surface area contributed by atoms with Crippen molar-refractivity contribution in [1.29, 1.82) is 0 Å². The van der Waals surface area contributed by atoms with Crippen LogP contribution in [0.2, 0.25) is 0 Å². The molecule has 1 aromatic carbocycles. The number of rotatable bonds is 7. The fourth-order valence-electron chi connectivity index (χ4n) is 3.61. The zero-order chi connectivity index (χ0) is 21.3. The first kappa shape index (κ1) is 22.5. The smallest absolute Gasteiger partial charge is 0.260 e. The van der Waals surface area contributed by atoms with E-state index in [4.69, 9.17) is 0 Å². The van der Waals surface area contributed by atoms with Crippen molar-refractivity contribution in [3.8, 4) is 0 Å². The molecule has 1 aliphatic heterocycles. The Morgan fingerprint density at radius 2 is 1.79 bits per heavy atom. The summed E-state index contributed by atoms with van der Waals surface area (Å²) in [5.41, 5.74) is 0.497. The summed E-state index contributed by atoms with van der Waals surface area (Å²) in [5, 5.41) is 3.72. The molecule has 1 aliphatic rings. The van der Waals surface area contributed by atoms with E-state index in [1.807, 2.05) is 27.7 Å². The molecule has 1 aromatic rings. The lowest BCUT2D eigenvalue weighted by Gasteiger charge is -2.35. The summed E-state index contributed by atoms with van der Waals surface area (Å²) in [6, 6.07) is 2.84. The number of likely N-dealkylation sites (tertiary alicyclic amines) is 1. The van der Waals surface area contributed by atoms with Crippen molar-refractivity contribution in [3.63, 3.8) is 0 Å². The maximum absolute atomic E-state index is 14.1. The van der Waals surface area contributed by atoms with Crippen molar-refractivity contribution < 1.29 is 17.6 Å². The van der Waals surface area contributed by atoms with Crippen LogP contribution in [0.4, 0.5) is 10.1 Å². The predicted octanol–water partition coefficient (Wildman–Crippen LogP) is 3.50. The highest BCUT2D eigenvalue weighted by atomic mass is 32.2. The van der Waals surface area contributed by atoms with Gasteiger partial charge in [-0.3, -0.25) is 9.69 Å². The molecule has 0 bridgehead atoms. The second-order valence-electron chi connectivity index (χ2n) is 7.92. The summed E-state index contributed by atoms with van der Waals surface area (Å²) in [5.74, 6) is -0.880. The summed E-state index contributed by atoms with van der Waals surface area (Å²) in [4.78, 5) is 15.1. The summed E-state index contributed by atoms with van der Waals surface area (Å²) in [7, 11) is -2.14. The number of hydrogen-bond donors (Lipinski definition) is 2. The van der Waals surface area contributed by atoms with Gasteiger partial charge in [0.15, 0.2) is 5.66 Å². The van der Waals surface area contributed by atoms with Gasteiger partial charge in [-0.1, -0.05) is 34.3 Å². The van der Waals surface area contributed by atoms with Crippen molar-refractivity contribution in [2.75, 3.05) is 18.9 Å². The number of carbonyl (C=O) groups is 1. The summed E-state index contributed by atoms with van der Waals surface area (Å²) in [6.07, 6.45) is 0.999. The fraction of sp³-hybridized carbons (Fsp3) is 0.550. The number of sulfonamides is 1. The molecule has 0 radical (unpaired) electrons. The number of amides is 1. The topological polar surface area (TPSA) is 78.5 Å². The van der Waals surface area contributed by atoms with Crippen molar-refractivity contribution in [2.24, 2.45) is 0 Å². The Balaban J connectivity index is 2.54. The van der Waals surface area contributed by atoms with Gasteiger partial charge in [-0.05, 0) is 55.0 Å². The third-order valence-corrected chi connectivity index (χ3v) is 6.30. The van der Waals surface area contributed by atoms with Gasteiger partial charge in [-0.15, -0.1) is 0 Å². The number of benzene rings is 1. The number of nitrogens with one attached hydrogen (secondary N) is 2. The van der Waals surface area contributed by atoms with Crippen LogP contribution in [-0.4, -0.2) is 38.5 Å². The lowest BCUT2D eigenvalue weighted by atomic mass is 9.92. The monoisotopic (exact) mass is 411 g/mol. The molecule has 0 aromatic heterocycles. The van der Waals surface area contributed by atoms with Crippen molar-refractivity contribution in [3.05, 3.63) is 41.1 Å². The third kappa shape index (κ3) is 4.45. The van der Waals surface area contributed by atoms with Crippen LogP contribution in [0.15, 0.2) is 24.1 Å². The zero-order valence-corrected chi connectivity index (χ0v) is 18.0. The van der Waals surface area contributed by atoms with Gasteiger partial charge in [0.25, 0.3) is 5.91 Å². The van der Waals surface area contributed by atoms with E-state index in [9.17, 15) is 17.6 Å². The fourth-order valence-corrected chi connectivity index (χ4v) is 4.52. The highest BCUT2D eigenvalue weighted by Crippen LogP contribution is 2.35. The standard InChI is InChI=1S/C20H30FN3O3S/c1-7-28(26,27)23-20(9-8-10-24(20)6)19(25)22-18-16(13(2)3)11-15(21)12-17(18)14(4)5/h7,11-14,23H,1,8-10H2,2-6H3,(H,22,25)/t20-/m1/s1. The molecule has 1 fully saturated rings. The molecule has 2 N–H and O–H groups in total. The van der Waals surface area contributed by atoms with Crippen LogP contribution >= 0.6 is 0 Å². The van der Waals surface area contributed by atoms with E-state index in [-0.39, 0.29) is 17.7 Å². The zero-order valence-electron chi connectivity index (χ0n) is 17.2. The van der Waals surface area contributed by atoms with E-state index in [1.165, 1.54) is 12.1 Å². The Kier molecular flexibility index (Phi) is 6.68. The van der Waals surface area contributed by atoms with Crippen molar-refractivity contribution in [1.82, 2.24) is 9.62 Å². The normalized spacial score (nSPS) is 20.7. The molecule has 8 heteroatoms. The predicted molar refractivity (Wildman–Crippen MR) is 110 cm³/mol. The van der Waals surface area contributed by atoms with Crippen LogP contribution in [0.1, 0.15) is 63.5 Å². The Morgan fingerprint density at radius 3 is 2.18 bits per heavy atom. The first-order chi connectivity index (χ1) is 12.9. The van der Waals surface area contributed by atoms with Gasteiger partial charge in [0.2, 0.25) is 10.0 Å². The SMILES string of the molecule is C=CS(=O)(=O)N[C@]1(C(=O)Nc2c(C(C)C)cc(F)cc2C(C)C)CCCN1C. The first-order valence-corrected chi connectivity index (χ1v) is 11.0. The Morgan fingerprint density at radius 1 is 1.25 bits per heavy atom. The molecule has 0 spiro atoms. The second-order valence-corrected chi connectivity index (χ2v) is 9.55. The summed E-state index contributed by atoms with van der Waals surface area (Å²) < 4.78 is 41.0. The Bertz CT molecular complexity index is 838. The highest BCUT2D eigenvalue weighted by molar-refractivity contribution is 7.92. The summed E-state index contributed by atoms with van der Waals surface area (Å²) >= 11 is 0. The molecule has 1 saturated heterocycles. The number of anilines is 1. The lowest BCUT2D eigenvalue weighted by Crippen LogP contribution is -2.62. The Hall–Kier alpha value is -1.77. The van der Waals surface area contributed by atoms with E-state index < -0.39 is 21.6 Å². The van der Waals surface area contributed by atoms with Gasteiger partial charge in [-0.25, -0.2) is 12.8 Å². The summed E-state index contributed by atoms with van der Waals surface area (Å²) in [6.45, 7) is 11.6. The average molecular weight is 412 g/mol. The van der Waals surface area contributed by atoms with Gasteiger partial charge >= 0.3 is 0 Å². The minimum atomic E-state index is -3.84. The molecule has 0 saturated carbocycles. The van der Waals surface area contributed by atoms with Crippen LogP contribution in [0, 0.1) is 5.82 Å². The molecule has 1 atom stereocenters. The minimum absolute atomic E-state index is 0.0226. The molecule has 0 aliphatic carbocycles. The number of likely N-dealkylation sites (N-methyl/N-ethyl adjacent to an activating group) is 1. The molecule has 6 nitrogen and oxygen atoms in total. The van der Waals surface area contributed by atoms with E-state index in [0.717, 1.165) is 5.41 Å². The molecule has 156 valence electrons. The third-order valence-electron chi connectivity index (χ3n) is 5.24. The molecule has 1 amide bonds. The molecule has 0 unspecified atom stereocenters. The maximum Gasteiger partial charge on any atom is 0.260 e. The van der Waals surface area contributed by atoms with Gasteiger partial charge in [-0.2, -0.15) is 4.72 Å². The second kappa shape index (κ2) is 8.31.